The Morgan fingerprint density at radius 2 is 1.44 bits per heavy atom. The molecule has 0 spiro atoms. The molecule has 3 aromatic rings. The fraction of sp³-hybridized carbons (Fsp3) is 0. The third-order valence-corrected chi connectivity index (χ3v) is 4.91. The van der Waals surface area contributed by atoms with Gasteiger partial charge in [-0.2, -0.15) is 0 Å². The molecule has 1 heterocycles. The maximum absolute atomic E-state index is 13.2. The van der Waals surface area contributed by atoms with E-state index in [9.17, 15) is 4.79 Å². The van der Waals surface area contributed by atoms with E-state index in [1.165, 1.54) is 0 Å². The molecule has 0 unspecified atom stereocenters. The lowest BCUT2D eigenvalue weighted by atomic mass is 10.1. The lowest BCUT2D eigenvalue weighted by Crippen LogP contribution is -2.25. The molecule has 0 aromatic heterocycles. The maximum atomic E-state index is 13.2. The van der Waals surface area contributed by atoms with Crippen LogP contribution in [0.5, 0.6) is 0 Å². The van der Waals surface area contributed by atoms with Crippen molar-refractivity contribution in [2.45, 2.75) is 0 Å². The van der Waals surface area contributed by atoms with Gasteiger partial charge in [-0.05, 0) is 47.5 Å². The molecule has 4 rings (SSSR count). The van der Waals surface area contributed by atoms with Crippen LogP contribution < -0.4 is 4.90 Å². The molecule has 1 aliphatic rings. The molecular weight excluding hydrogens is 377 g/mol. The molecule has 4 heteroatoms. The third kappa shape index (κ3) is 3.55. The van der Waals surface area contributed by atoms with Crippen LogP contribution >= 0.6 is 23.2 Å². The van der Waals surface area contributed by atoms with Crippen molar-refractivity contribution in [2.75, 3.05) is 4.90 Å². The highest BCUT2D eigenvalue weighted by Crippen LogP contribution is 2.38. The Bertz CT molecular complexity index is 1050. The zero-order valence-electron chi connectivity index (χ0n) is 14.3. The Balaban J connectivity index is 1.84. The van der Waals surface area contributed by atoms with Gasteiger partial charge in [0.05, 0.1) is 16.4 Å². The van der Waals surface area contributed by atoms with E-state index in [-0.39, 0.29) is 5.91 Å². The molecule has 0 atom stereocenters. The predicted molar refractivity (Wildman–Crippen MR) is 113 cm³/mol. The minimum absolute atomic E-state index is 0.114. The van der Waals surface area contributed by atoms with Crippen LogP contribution in [0.4, 0.5) is 5.69 Å². The van der Waals surface area contributed by atoms with Gasteiger partial charge in [-0.25, -0.2) is 0 Å². The monoisotopic (exact) mass is 391 g/mol. The normalized spacial score (nSPS) is 15.3. The molecule has 0 N–H and O–H groups in total. The summed E-state index contributed by atoms with van der Waals surface area (Å²) in [5.41, 5.74) is 3.92. The zero-order valence-corrected chi connectivity index (χ0v) is 15.8. The second-order valence-electron chi connectivity index (χ2n) is 6.14. The lowest BCUT2D eigenvalue weighted by Gasteiger charge is -2.21. The van der Waals surface area contributed by atoms with Crippen LogP contribution in [-0.4, -0.2) is 5.91 Å². The smallest absolute Gasteiger partial charge is 0.262 e. The van der Waals surface area contributed by atoms with Crippen molar-refractivity contribution in [1.29, 1.82) is 0 Å². The van der Waals surface area contributed by atoms with Crippen molar-refractivity contribution >= 4 is 46.6 Å². The van der Waals surface area contributed by atoms with E-state index < -0.39 is 0 Å². The lowest BCUT2D eigenvalue weighted by molar-refractivity contribution is -0.113. The molecule has 132 valence electrons. The van der Waals surface area contributed by atoms with Gasteiger partial charge in [0.1, 0.15) is 0 Å². The van der Waals surface area contributed by atoms with Crippen LogP contribution in [0.3, 0.4) is 0 Å². The Morgan fingerprint density at radius 3 is 2.15 bits per heavy atom. The summed E-state index contributed by atoms with van der Waals surface area (Å²) in [6.45, 7) is 0. The van der Waals surface area contributed by atoms with Crippen molar-refractivity contribution in [3.63, 3.8) is 0 Å². The van der Waals surface area contributed by atoms with E-state index in [1.54, 1.807) is 23.1 Å². The fourth-order valence-corrected chi connectivity index (χ4v) is 3.39. The van der Waals surface area contributed by atoms with E-state index in [2.05, 4.69) is 0 Å². The minimum atomic E-state index is -0.114. The summed E-state index contributed by atoms with van der Waals surface area (Å²) >= 11 is 12.4. The van der Waals surface area contributed by atoms with Crippen LogP contribution in [0.2, 0.25) is 10.0 Å². The summed E-state index contributed by atoms with van der Waals surface area (Å²) in [5.74, 6) is -0.114. The maximum Gasteiger partial charge on any atom is 0.262 e. The van der Waals surface area contributed by atoms with Gasteiger partial charge in [-0.1, -0.05) is 77.8 Å². The van der Waals surface area contributed by atoms with E-state index in [0.29, 0.717) is 21.3 Å². The van der Waals surface area contributed by atoms with Crippen LogP contribution in [-0.2, 0) is 4.79 Å². The SMILES string of the molecule is O=C1C(=Cc2ccc(Cl)cc2)C=C(c2ccccc2)N1c1ccccc1Cl. The van der Waals surface area contributed by atoms with Gasteiger partial charge in [0.15, 0.2) is 0 Å². The van der Waals surface area contributed by atoms with Gasteiger partial charge >= 0.3 is 0 Å². The second kappa shape index (κ2) is 7.43. The largest absolute Gasteiger partial charge is 0.275 e. The molecule has 0 saturated heterocycles. The first-order valence-corrected chi connectivity index (χ1v) is 9.22. The molecule has 0 saturated carbocycles. The highest BCUT2D eigenvalue weighted by atomic mass is 35.5. The number of rotatable bonds is 3. The molecule has 0 fully saturated rings. The van der Waals surface area contributed by atoms with E-state index in [4.69, 9.17) is 23.2 Å². The molecule has 1 amide bonds. The Kier molecular flexibility index (Phi) is 4.85. The number of carbonyl (C=O) groups is 1. The van der Waals surface area contributed by atoms with Crippen LogP contribution in [0, 0.1) is 0 Å². The molecule has 2 nitrogen and oxygen atoms in total. The molecule has 27 heavy (non-hydrogen) atoms. The number of amides is 1. The minimum Gasteiger partial charge on any atom is -0.275 e. The molecule has 1 aliphatic heterocycles. The van der Waals surface area contributed by atoms with Crippen molar-refractivity contribution in [3.8, 4) is 0 Å². The number of benzene rings is 3. The topological polar surface area (TPSA) is 20.3 Å². The molecule has 0 bridgehead atoms. The van der Waals surface area contributed by atoms with E-state index in [0.717, 1.165) is 16.8 Å². The summed E-state index contributed by atoms with van der Waals surface area (Å²) in [4.78, 5) is 14.9. The number of hydrogen-bond acceptors (Lipinski definition) is 1. The average Bonchev–Trinajstić information content (AvgIpc) is 3.01. The number of para-hydroxylation sites is 1. The van der Waals surface area contributed by atoms with Crippen molar-refractivity contribution in [3.05, 3.63) is 112 Å². The first-order chi connectivity index (χ1) is 13.1. The summed E-state index contributed by atoms with van der Waals surface area (Å²) in [6.07, 6.45) is 3.76. The zero-order chi connectivity index (χ0) is 18.8. The van der Waals surface area contributed by atoms with Crippen LogP contribution in [0.15, 0.2) is 90.5 Å². The average molecular weight is 392 g/mol. The number of anilines is 1. The van der Waals surface area contributed by atoms with Gasteiger partial charge in [-0.3, -0.25) is 9.69 Å². The third-order valence-electron chi connectivity index (χ3n) is 4.34. The van der Waals surface area contributed by atoms with Gasteiger partial charge in [0, 0.05) is 10.6 Å². The van der Waals surface area contributed by atoms with Gasteiger partial charge in [-0.15, -0.1) is 0 Å². The van der Waals surface area contributed by atoms with E-state index >= 15 is 0 Å². The second-order valence-corrected chi connectivity index (χ2v) is 6.98. The van der Waals surface area contributed by atoms with Crippen molar-refractivity contribution in [1.82, 2.24) is 0 Å². The van der Waals surface area contributed by atoms with Crippen molar-refractivity contribution < 1.29 is 4.79 Å². The Hall–Kier alpha value is -2.81. The standard InChI is InChI=1S/C23H15Cl2NO/c24-19-12-10-16(11-13-19)14-18-15-22(17-6-2-1-3-7-17)26(23(18)27)21-9-5-4-8-20(21)25/h1-15H. The summed E-state index contributed by atoms with van der Waals surface area (Å²) in [5, 5.41) is 1.19. The van der Waals surface area contributed by atoms with Gasteiger partial charge in [0.2, 0.25) is 0 Å². The van der Waals surface area contributed by atoms with Crippen LogP contribution in [0.1, 0.15) is 11.1 Å². The number of halogens is 2. The molecule has 0 radical (unpaired) electrons. The summed E-state index contributed by atoms with van der Waals surface area (Å²) in [7, 11) is 0. The van der Waals surface area contributed by atoms with Gasteiger partial charge < -0.3 is 0 Å². The summed E-state index contributed by atoms with van der Waals surface area (Å²) < 4.78 is 0. The Morgan fingerprint density at radius 1 is 0.778 bits per heavy atom. The highest BCUT2D eigenvalue weighted by Gasteiger charge is 2.31. The summed E-state index contributed by atoms with van der Waals surface area (Å²) in [6, 6.07) is 24.6. The van der Waals surface area contributed by atoms with E-state index in [1.807, 2.05) is 72.8 Å². The van der Waals surface area contributed by atoms with Crippen molar-refractivity contribution in [2.24, 2.45) is 0 Å². The Labute approximate surface area is 168 Å². The quantitative estimate of drug-likeness (QED) is 0.468. The first-order valence-electron chi connectivity index (χ1n) is 8.47. The molecule has 0 aliphatic carbocycles. The first kappa shape index (κ1) is 17.6. The number of hydrogen-bond donors (Lipinski definition) is 0. The predicted octanol–water partition coefficient (Wildman–Crippen LogP) is 6.46. The van der Waals surface area contributed by atoms with Gasteiger partial charge in [0.25, 0.3) is 5.91 Å². The highest BCUT2D eigenvalue weighted by molar-refractivity contribution is 6.35. The number of nitrogens with zero attached hydrogens (tertiary/aromatic N) is 1. The molecule has 3 aromatic carbocycles. The fourth-order valence-electron chi connectivity index (χ4n) is 3.05. The van der Waals surface area contributed by atoms with Crippen LogP contribution in [0.25, 0.3) is 11.8 Å². The number of carbonyl (C=O) groups excluding carboxylic acids is 1. The molecular formula is C23H15Cl2NO.